The molecule has 7 nitrogen and oxygen atoms in total. The van der Waals surface area contributed by atoms with E-state index in [1.165, 1.54) is 11.1 Å². The van der Waals surface area contributed by atoms with Gasteiger partial charge in [-0.2, -0.15) is 0 Å². The number of benzene rings is 1. The predicted octanol–water partition coefficient (Wildman–Crippen LogP) is 4.05. The molecule has 1 atom stereocenters. The normalized spacial score (nSPS) is 16.6. The van der Waals surface area contributed by atoms with Crippen molar-refractivity contribution in [2.45, 2.75) is 31.8 Å². The summed E-state index contributed by atoms with van der Waals surface area (Å²) >= 11 is 0. The molecule has 0 aliphatic carbocycles. The molecule has 0 radical (unpaired) electrons. The maximum absolute atomic E-state index is 5.58. The number of likely N-dealkylation sites (tertiary alicyclic amines) is 1. The summed E-state index contributed by atoms with van der Waals surface area (Å²) in [5, 5.41) is 0. The van der Waals surface area contributed by atoms with E-state index in [2.05, 4.69) is 58.0 Å². The highest BCUT2D eigenvalue weighted by molar-refractivity contribution is 5.56. The molecule has 3 aromatic rings. The zero-order valence-electron chi connectivity index (χ0n) is 21.0. The molecule has 1 aliphatic rings. The SMILES string of the molecule is COc1ccc(CN2CCC[C@@H](c3cc(N(C)C)nc(-c4cccnc4)n3)C2)cc1CN(C)C. The van der Waals surface area contributed by atoms with Crippen LogP contribution in [0, 0.1) is 0 Å². The summed E-state index contributed by atoms with van der Waals surface area (Å²) in [5.74, 6) is 3.01. The average Bonchev–Trinajstić information content (AvgIpc) is 2.84. The van der Waals surface area contributed by atoms with Crippen LogP contribution in [0.3, 0.4) is 0 Å². The summed E-state index contributed by atoms with van der Waals surface area (Å²) in [6.07, 6.45) is 5.92. The van der Waals surface area contributed by atoms with E-state index in [1.807, 2.05) is 32.4 Å². The molecule has 180 valence electrons. The molecule has 4 rings (SSSR count). The Morgan fingerprint density at radius 2 is 1.94 bits per heavy atom. The zero-order valence-corrected chi connectivity index (χ0v) is 21.0. The predicted molar refractivity (Wildman–Crippen MR) is 137 cm³/mol. The summed E-state index contributed by atoms with van der Waals surface area (Å²) in [6, 6.07) is 12.7. The van der Waals surface area contributed by atoms with Crippen LogP contribution in [-0.2, 0) is 13.1 Å². The molecule has 34 heavy (non-hydrogen) atoms. The smallest absolute Gasteiger partial charge is 0.163 e. The summed E-state index contributed by atoms with van der Waals surface area (Å²) in [7, 11) is 9.98. The van der Waals surface area contributed by atoms with Gasteiger partial charge >= 0.3 is 0 Å². The Morgan fingerprint density at radius 1 is 1.09 bits per heavy atom. The van der Waals surface area contributed by atoms with E-state index in [0.29, 0.717) is 5.92 Å². The summed E-state index contributed by atoms with van der Waals surface area (Å²) < 4.78 is 5.58. The van der Waals surface area contributed by atoms with Gasteiger partial charge in [0.2, 0.25) is 0 Å². The molecule has 0 spiro atoms. The fraction of sp³-hybridized carbons (Fsp3) is 0.444. The van der Waals surface area contributed by atoms with Gasteiger partial charge < -0.3 is 14.5 Å². The average molecular weight is 461 g/mol. The number of hydrogen-bond acceptors (Lipinski definition) is 7. The Balaban J connectivity index is 1.55. The summed E-state index contributed by atoms with van der Waals surface area (Å²) in [4.78, 5) is 20.8. The van der Waals surface area contributed by atoms with Gasteiger partial charge in [0.05, 0.1) is 12.8 Å². The van der Waals surface area contributed by atoms with Crippen molar-refractivity contribution >= 4 is 5.82 Å². The van der Waals surface area contributed by atoms with E-state index in [4.69, 9.17) is 14.7 Å². The topological polar surface area (TPSA) is 57.6 Å². The van der Waals surface area contributed by atoms with Gasteiger partial charge in [-0.15, -0.1) is 0 Å². The van der Waals surface area contributed by atoms with Crippen LogP contribution in [0.15, 0.2) is 48.8 Å². The molecule has 1 saturated heterocycles. The monoisotopic (exact) mass is 460 g/mol. The summed E-state index contributed by atoms with van der Waals surface area (Å²) in [6.45, 7) is 3.89. The third-order valence-electron chi connectivity index (χ3n) is 6.27. The molecule has 0 unspecified atom stereocenters. The van der Waals surface area contributed by atoms with Gasteiger partial charge in [0.25, 0.3) is 0 Å². The van der Waals surface area contributed by atoms with Crippen molar-refractivity contribution in [2.24, 2.45) is 0 Å². The van der Waals surface area contributed by atoms with Crippen molar-refractivity contribution in [1.82, 2.24) is 24.8 Å². The minimum atomic E-state index is 0.380. The molecule has 7 heteroatoms. The molecule has 0 saturated carbocycles. The number of piperidine rings is 1. The number of rotatable bonds is 8. The highest BCUT2D eigenvalue weighted by Gasteiger charge is 2.24. The molecular weight excluding hydrogens is 424 g/mol. The molecule has 1 aliphatic heterocycles. The lowest BCUT2D eigenvalue weighted by Gasteiger charge is -2.33. The van der Waals surface area contributed by atoms with Crippen LogP contribution in [0.4, 0.5) is 5.82 Å². The quantitative estimate of drug-likeness (QED) is 0.503. The second-order valence-corrected chi connectivity index (χ2v) is 9.57. The van der Waals surface area contributed by atoms with E-state index < -0.39 is 0 Å². The Hall–Kier alpha value is -3.03. The first-order valence-corrected chi connectivity index (χ1v) is 11.9. The fourth-order valence-electron chi connectivity index (χ4n) is 4.61. The van der Waals surface area contributed by atoms with Gasteiger partial charge in [0.15, 0.2) is 5.82 Å². The lowest BCUT2D eigenvalue weighted by Crippen LogP contribution is -2.34. The largest absolute Gasteiger partial charge is 0.496 e. The second kappa shape index (κ2) is 10.9. The van der Waals surface area contributed by atoms with Crippen LogP contribution >= 0.6 is 0 Å². The Morgan fingerprint density at radius 3 is 2.65 bits per heavy atom. The molecule has 0 bridgehead atoms. The van der Waals surface area contributed by atoms with Crippen molar-refractivity contribution in [3.63, 3.8) is 0 Å². The number of methoxy groups -OCH3 is 1. The number of pyridine rings is 1. The van der Waals surface area contributed by atoms with Gasteiger partial charge in [-0.3, -0.25) is 9.88 Å². The fourth-order valence-corrected chi connectivity index (χ4v) is 4.61. The number of hydrogen-bond donors (Lipinski definition) is 0. The van der Waals surface area contributed by atoms with Crippen molar-refractivity contribution in [3.05, 3.63) is 65.6 Å². The minimum absolute atomic E-state index is 0.380. The third-order valence-corrected chi connectivity index (χ3v) is 6.27. The standard InChI is InChI=1S/C27H36N6O/c1-31(2)18-23-14-20(10-11-25(23)34-5)17-33-13-7-9-22(19-33)24-15-26(32(3)4)30-27(29-24)21-8-6-12-28-16-21/h6,8,10-12,14-16,22H,7,9,13,17-19H2,1-5H3/t22-/m1/s1. The minimum Gasteiger partial charge on any atom is -0.496 e. The molecule has 2 aromatic heterocycles. The van der Waals surface area contributed by atoms with E-state index >= 15 is 0 Å². The van der Waals surface area contributed by atoms with E-state index in [0.717, 1.165) is 67.7 Å². The van der Waals surface area contributed by atoms with Gasteiger partial charge in [-0.05, 0) is 63.3 Å². The molecule has 1 fully saturated rings. The van der Waals surface area contributed by atoms with Gasteiger partial charge in [-0.25, -0.2) is 9.97 Å². The van der Waals surface area contributed by atoms with Crippen LogP contribution in [-0.4, -0.2) is 73.1 Å². The van der Waals surface area contributed by atoms with Crippen LogP contribution in [0.2, 0.25) is 0 Å². The molecule has 3 heterocycles. The molecular formula is C27H36N6O. The first kappa shape index (κ1) is 24.1. The number of aromatic nitrogens is 3. The Labute approximate surface area is 203 Å². The zero-order chi connectivity index (χ0) is 24.1. The second-order valence-electron chi connectivity index (χ2n) is 9.57. The van der Waals surface area contributed by atoms with Crippen LogP contribution < -0.4 is 9.64 Å². The number of anilines is 1. The highest BCUT2D eigenvalue weighted by Crippen LogP contribution is 2.30. The molecule has 0 amide bonds. The van der Waals surface area contributed by atoms with Crippen molar-refractivity contribution in [2.75, 3.05) is 53.3 Å². The van der Waals surface area contributed by atoms with Gasteiger partial charge in [0, 0.05) is 69.2 Å². The lowest BCUT2D eigenvalue weighted by atomic mass is 9.93. The Kier molecular flexibility index (Phi) is 7.75. The first-order chi connectivity index (χ1) is 16.4. The number of ether oxygens (including phenoxy) is 1. The van der Waals surface area contributed by atoms with E-state index in [9.17, 15) is 0 Å². The lowest BCUT2D eigenvalue weighted by molar-refractivity contribution is 0.198. The van der Waals surface area contributed by atoms with Crippen LogP contribution in [0.5, 0.6) is 5.75 Å². The molecule has 0 N–H and O–H groups in total. The number of nitrogens with zero attached hydrogens (tertiary/aromatic N) is 6. The molecule has 1 aromatic carbocycles. The third kappa shape index (κ3) is 5.90. The Bertz CT molecular complexity index is 1090. The summed E-state index contributed by atoms with van der Waals surface area (Å²) in [5.41, 5.74) is 4.62. The maximum Gasteiger partial charge on any atom is 0.163 e. The first-order valence-electron chi connectivity index (χ1n) is 11.9. The van der Waals surface area contributed by atoms with E-state index in [1.54, 1.807) is 13.3 Å². The van der Waals surface area contributed by atoms with Crippen LogP contribution in [0.1, 0.15) is 35.6 Å². The van der Waals surface area contributed by atoms with Gasteiger partial charge in [-0.1, -0.05) is 6.07 Å². The van der Waals surface area contributed by atoms with Crippen molar-refractivity contribution in [1.29, 1.82) is 0 Å². The van der Waals surface area contributed by atoms with Gasteiger partial charge in [0.1, 0.15) is 11.6 Å². The maximum atomic E-state index is 5.58. The van der Waals surface area contributed by atoms with Crippen molar-refractivity contribution < 1.29 is 4.74 Å². The highest BCUT2D eigenvalue weighted by atomic mass is 16.5. The van der Waals surface area contributed by atoms with Crippen LogP contribution in [0.25, 0.3) is 11.4 Å². The van der Waals surface area contributed by atoms with Crippen molar-refractivity contribution in [3.8, 4) is 17.1 Å². The van der Waals surface area contributed by atoms with E-state index in [-0.39, 0.29) is 0 Å².